The molecule has 138 valence electrons. The number of aromatic nitrogens is 2. The third kappa shape index (κ3) is 4.50. The Labute approximate surface area is 161 Å². The van der Waals surface area contributed by atoms with Gasteiger partial charge in [0.25, 0.3) is 5.91 Å². The van der Waals surface area contributed by atoms with Crippen LogP contribution in [0.2, 0.25) is 0 Å². The topological polar surface area (TPSA) is 73.3 Å². The van der Waals surface area contributed by atoms with Gasteiger partial charge in [-0.25, -0.2) is 4.98 Å². The number of nitrogens with zero attached hydrogens (tertiary/aromatic N) is 2. The van der Waals surface area contributed by atoms with E-state index in [4.69, 9.17) is 9.47 Å². The van der Waals surface area contributed by atoms with Crippen LogP contribution >= 0.6 is 11.3 Å². The Bertz CT molecular complexity index is 908. The molecule has 1 aromatic carbocycles. The molecular weight excluding hydrogens is 362 g/mol. The molecule has 1 N–H and O–H groups in total. The lowest BCUT2D eigenvalue weighted by Crippen LogP contribution is -2.16. The predicted molar refractivity (Wildman–Crippen MR) is 104 cm³/mol. The summed E-state index contributed by atoms with van der Waals surface area (Å²) >= 11 is 1.35. The average Bonchev–Trinajstić information content (AvgIpc) is 3.39. The van der Waals surface area contributed by atoms with Gasteiger partial charge in [-0.05, 0) is 37.1 Å². The fourth-order valence-electron chi connectivity index (χ4n) is 2.83. The van der Waals surface area contributed by atoms with Gasteiger partial charge in [0, 0.05) is 36.3 Å². The average molecular weight is 381 g/mol. The maximum atomic E-state index is 12.5. The van der Waals surface area contributed by atoms with Crippen molar-refractivity contribution in [2.75, 3.05) is 18.5 Å². The van der Waals surface area contributed by atoms with Gasteiger partial charge in [0.15, 0.2) is 0 Å². The summed E-state index contributed by atoms with van der Waals surface area (Å²) in [7, 11) is 0. The lowest BCUT2D eigenvalue weighted by Gasteiger charge is -2.12. The summed E-state index contributed by atoms with van der Waals surface area (Å²) in [4.78, 5) is 21.4. The van der Waals surface area contributed by atoms with Crippen molar-refractivity contribution in [3.8, 4) is 16.3 Å². The van der Waals surface area contributed by atoms with E-state index in [1.807, 2.05) is 36.4 Å². The number of carbonyl (C=O) groups is 1. The number of nitrogens with one attached hydrogen (secondary N) is 1. The molecule has 2 aromatic heterocycles. The van der Waals surface area contributed by atoms with Gasteiger partial charge in [-0.15, -0.1) is 11.3 Å². The zero-order valence-electron chi connectivity index (χ0n) is 14.6. The smallest absolute Gasteiger partial charge is 0.267 e. The fraction of sp³-hybridized carbons (Fsp3) is 0.250. The molecule has 3 aromatic rings. The van der Waals surface area contributed by atoms with E-state index in [2.05, 4.69) is 15.3 Å². The molecule has 6 nitrogen and oxygen atoms in total. The van der Waals surface area contributed by atoms with E-state index >= 15 is 0 Å². The highest BCUT2D eigenvalue weighted by Crippen LogP contribution is 2.26. The Hall–Kier alpha value is -2.77. The van der Waals surface area contributed by atoms with Gasteiger partial charge in [-0.2, -0.15) is 0 Å². The summed E-state index contributed by atoms with van der Waals surface area (Å²) in [6, 6.07) is 11.1. The van der Waals surface area contributed by atoms with E-state index < -0.39 is 0 Å². The van der Waals surface area contributed by atoms with E-state index in [9.17, 15) is 4.79 Å². The number of rotatable bonds is 6. The summed E-state index contributed by atoms with van der Waals surface area (Å²) in [5.41, 5.74) is 1.63. The molecule has 1 aliphatic heterocycles. The Balaban J connectivity index is 1.39. The molecule has 0 spiro atoms. The van der Waals surface area contributed by atoms with Crippen molar-refractivity contribution in [3.63, 3.8) is 0 Å². The second-order valence-corrected chi connectivity index (χ2v) is 7.22. The lowest BCUT2D eigenvalue weighted by molar-refractivity contribution is 0.0680. The van der Waals surface area contributed by atoms with Gasteiger partial charge >= 0.3 is 0 Å². The van der Waals surface area contributed by atoms with Gasteiger partial charge in [-0.3, -0.25) is 9.78 Å². The highest BCUT2D eigenvalue weighted by Gasteiger charge is 2.16. The number of carbonyl (C=O) groups excluding carboxylic acids is 1. The number of benzene rings is 1. The van der Waals surface area contributed by atoms with Crippen LogP contribution in [0, 0.1) is 0 Å². The van der Waals surface area contributed by atoms with Gasteiger partial charge < -0.3 is 14.8 Å². The molecule has 1 atom stereocenters. The third-order valence-corrected chi connectivity index (χ3v) is 5.25. The van der Waals surface area contributed by atoms with Crippen LogP contribution in [0.25, 0.3) is 10.6 Å². The largest absolute Gasteiger partial charge is 0.491 e. The van der Waals surface area contributed by atoms with E-state index in [1.54, 1.807) is 18.6 Å². The summed E-state index contributed by atoms with van der Waals surface area (Å²) in [5.74, 6) is 0.522. The maximum absolute atomic E-state index is 12.5. The van der Waals surface area contributed by atoms with Crippen molar-refractivity contribution in [1.29, 1.82) is 0 Å². The number of anilines is 1. The van der Waals surface area contributed by atoms with E-state index in [-0.39, 0.29) is 12.0 Å². The van der Waals surface area contributed by atoms with Gasteiger partial charge in [0.05, 0.1) is 12.3 Å². The first-order valence-electron chi connectivity index (χ1n) is 8.80. The quantitative estimate of drug-likeness (QED) is 0.698. The number of ether oxygens (including phenoxy) is 2. The molecule has 1 fully saturated rings. The first kappa shape index (κ1) is 17.6. The van der Waals surface area contributed by atoms with Crippen molar-refractivity contribution in [2.45, 2.75) is 18.9 Å². The second-order valence-electron chi connectivity index (χ2n) is 6.19. The van der Waals surface area contributed by atoms with Gasteiger partial charge in [-0.1, -0.05) is 6.07 Å². The molecule has 1 saturated heterocycles. The number of amides is 1. The highest BCUT2D eigenvalue weighted by atomic mass is 32.1. The van der Waals surface area contributed by atoms with Crippen LogP contribution in [0.3, 0.4) is 0 Å². The zero-order valence-corrected chi connectivity index (χ0v) is 15.4. The summed E-state index contributed by atoms with van der Waals surface area (Å²) in [5, 5.41) is 3.69. The van der Waals surface area contributed by atoms with Gasteiger partial charge in [0.1, 0.15) is 22.2 Å². The molecule has 4 rings (SSSR count). The Morgan fingerprint density at radius 1 is 1.30 bits per heavy atom. The monoisotopic (exact) mass is 381 g/mol. The minimum absolute atomic E-state index is 0.159. The zero-order chi connectivity index (χ0) is 18.5. The lowest BCUT2D eigenvalue weighted by atomic mass is 10.2. The summed E-state index contributed by atoms with van der Waals surface area (Å²) in [6.07, 6.45) is 7.28. The molecule has 0 aliphatic carbocycles. The van der Waals surface area contributed by atoms with Crippen molar-refractivity contribution < 1.29 is 14.3 Å². The van der Waals surface area contributed by atoms with Crippen molar-refractivity contribution >= 4 is 22.9 Å². The molecule has 3 heterocycles. The SMILES string of the molecule is O=C(Nc1cccc(OCC2CCCO2)c1)c1cnc(-c2ccncc2)s1. The van der Waals surface area contributed by atoms with Crippen molar-refractivity contribution in [3.05, 3.63) is 59.9 Å². The van der Waals surface area contributed by atoms with Crippen molar-refractivity contribution in [1.82, 2.24) is 9.97 Å². The second kappa shape index (κ2) is 8.28. The molecular formula is C20H19N3O3S. The molecule has 0 bridgehead atoms. The fourth-order valence-corrected chi connectivity index (χ4v) is 3.65. The predicted octanol–water partition coefficient (Wildman–Crippen LogP) is 4.02. The summed E-state index contributed by atoms with van der Waals surface area (Å²) in [6.45, 7) is 1.34. The molecule has 1 unspecified atom stereocenters. The standard InChI is InChI=1S/C20H19N3O3S/c24-19(18-12-22-20(27-18)14-6-8-21-9-7-14)23-15-3-1-4-16(11-15)26-13-17-5-2-10-25-17/h1,3-4,6-9,11-12,17H,2,5,10,13H2,(H,23,24). The number of thiazole rings is 1. The summed E-state index contributed by atoms with van der Waals surface area (Å²) < 4.78 is 11.3. The molecule has 27 heavy (non-hydrogen) atoms. The van der Waals surface area contributed by atoms with Crippen LogP contribution < -0.4 is 10.1 Å². The Kier molecular flexibility index (Phi) is 5.41. The third-order valence-electron chi connectivity index (χ3n) is 4.21. The number of hydrogen-bond acceptors (Lipinski definition) is 6. The Morgan fingerprint density at radius 2 is 2.19 bits per heavy atom. The van der Waals surface area contributed by atoms with Crippen molar-refractivity contribution in [2.24, 2.45) is 0 Å². The first-order chi connectivity index (χ1) is 13.3. The van der Waals surface area contributed by atoms with E-state index in [1.165, 1.54) is 11.3 Å². The Morgan fingerprint density at radius 3 is 3.00 bits per heavy atom. The molecule has 0 saturated carbocycles. The van der Waals surface area contributed by atoms with Crippen LogP contribution in [0.4, 0.5) is 5.69 Å². The maximum Gasteiger partial charge on any atom is 0.267 e. The molecule has 7 heteroatoms. The van der Waals surface area contributed by atoms with Crippen LogP contribution in [0.1, 0.15) is 22.5 Å². The minimum atomic E-state index is -0.191. The highest BCUT2D eigenvalue weighted by molar-refractivity contribution is 7.17. The molecule has 1 aliphatic rings. The number of pyridine rings is 1. The molecule has 0 radical (unpaired) electrons. The minimum Gasteiger partial charge on any atom is -0.491 e. The van der Waals surface area contributed by atoms with E-state index in [0.29, 0.717) is 22.9 Å². The van der Waals surface area contributed by atoms with Crippen LogP contribution in [0.5, 0.6) is 5.75 Å². The normalized spacial score (nSPS) is 16.2. The van der Waals surface area contributed by atoms with Crippen LogP contribution in [0.15, 0.2) is 55.0 Å². The number of hydrogen-bond donors (Lipinski definition) is 1. The van der Waals surface area contributed by atoms with Gasteiger partial charge in [0.2, 0.25) is 0 Å². The van der Waals surface area contributed by atoms with Crippen LogP contribution in [-0.4, -0.2) is 35.2 Å². The molecule has 1 amide bonds. The van der Waals surface area contributed by atoms with E-state index in [0.717, 1.165) is 30.0 Å². The van der Waals surface area contributed by atoms with Crippen LogP contribution in [-0.2, 0) is 4.74 Å². The first-order valence-corrected chi connectivity index (χ1v) is 9.61.